The van der Waals surface area contributed by atoms with Crippen molar-refractivity contribution in [2.24, 2.45) is 10.9 Å². The van der Waals surface area contributed by atoms with Crippen molar-refractivity contribution in [1.82, 2.24) is 15.2 Å². The Morgan fingerprint density at radius 3 is 3.04 bits per heavy atom. The topological polar surface area (TPSA) is 66.8 Å². The summed E-state index contributed by atoms with van der Waals surface area (Å²) < 4.78 is 5.19. The Morgan fingerprint density at radius 1 is 1.52 bits per heavy atom. The highest BCUT2D eigenvalue weighted by molar-refractivity contribution is 7.09. The average Bonchev–Trinajstić information content (AvgIpc) is 3.03. The van der Waals surface area contributed by atoms with Crippen LogP contribution in [-0.4, -0.2) is 54.6 Å². The minimum atomic E-state index is -0.0813. The van der Waals surface area contributed by atoms with Gasteiger partial charge in [0.05, 0.1) is 17.5 Å². The smallest absolute Gasteiger partial charge is 0.310 e. The highest BCUT2D eigenvalue weighted by Crippen LogP contribution is 2.18. The number of carbonyl (C=O) groups is 1. The molecular formula is C18H30N4O2S. The Kier molecular flexibility index (Phi) is 8.18. The third kappa shape index (κ3) is 6.30. The first-order valence-electron chi connectivity index (χ1n) is 9.25. The van der Waals surface area contributed by atoms with E-state index in [0.717, 1.165) is 57.0 Å². The van der Waals surface area contributed by atoms with Crippen molar-refractivity contribution in [3.05, 3.63) is 16.1 Å². The number of nitrogens with zero attached hydrogens (tertiary/aromatic N) is 3. The summed E-state index contributed by atoms with van der Waals surface area (Å²) in [6.45, 7) is 9.61. The molecule has 0 amide bonds. The van der Waals surface area contributed by atoms with E-state index in [-0.39, 0.29) is 11.9 Å². The number of aromatic nitrogens is 1. The van der Waals surface area contributed by atoms with E-state index in [9.17, 15) is 4.79 Å². The van der Waals surface area contributed by atoms with Crippen LogP contribution in [0.3, 0.4) is 0 Å². The van der Waals surface area contributed by atoms with Gasteiger partial charge in [-0.1, -0.05) is 0 Å². The summed E-state index contributed by atoms with van der Waals surface area (Å²) in [6, 6.07) is 0. The lowest BCUT2D eigenvalue weighted by molar-refractivity contribution is -0.149. The van der Waals surface area contributed by atoms with Crippen molar-refractivity contribution in [2.75, 3.05) is 32.8 Å². The van der Waals surface area contributed by atoms with Gasteiger partial charge < -0.3 is 15.0 Å². The molecule has 1 aromatic rings. The highest BCUT2D eigenvalue weighted by atomic mass is 32.1. The van der Waals surface area contributed by atoms with Crippen molar-refractivity contribution in [1.29, 1.82) is 0 Å². The second kappa shape index (κ2) is 10.4. The molecule has 1 aliphatic rings. The largest absolute Gasteiger partial charge is 0.466 e. The first kappa shape index (κ1) is 19.7. The molecule has 1 fully saturated rings. The van der Waals surface area contributed by atoms with Crippen molar-refractivity contribution >= 4 is 23.3 Å². The van der Waals surface area contributed by atoms with Crippen LogP contribution >= 0.6 is 11.3 Å². The molecule has 0 radical (unpaired) electrons. The Hall–Kier alpha value is -1.63. The van der Waals surface area contributed by atoms with Crippen LogP contribution in [0.15, 0.2) is 10.4 Å². The van der Waals surface area contributed by atoms with E-state index in [1.54, 1.807) is 11.3 Å². The van der Waals surface area contributed by atoms with Gasteiger partial charge in [0.15, 0.2) is 5.96 Å². The number of carbonyl (C=O) groups excluding carboxylic acids is 1. The fourth-order valence-corrected chi connectivity index (χ4v) is 3.80. The highest BCUT2D eigenvalue weighted by Gasteiger charge is 2.28. The molecule has 1 aliphatic heterocycles. The van der Waals surface area contributed by atoms with E-state index >= 15 is 0 Å². The molecule has 2 rings (SSSR count). The predicted octanol–water partition coefficient (Wildman–Crippen LogP) is 2.62. The number of aliphatic imine (C=N–C) groups is 1. The monoisotopic (exact) mass is 366 g/mol. The predicted molar refractivity (Wildman–Crippen MR) is 102 cm³/mol. The van der Waals surface area contributed by atoms with Gasteiger partial charge in [-0.25, -0.2) is 4.98 Å². The van der Waals surface area contributed by atoms with Crippen LogP contribution in [0.4, 0.5) is 0 Å². The number of guanidine groups is 1. The lowest BCUT2D eigenvalue weighted by Crippen LogP contribution is -2.48. The van der Waals surface area contributed by atoms with E-state index in [1.165, 1.54) is 5.01 Å². The van der Waals surface area contributed by atoms with Crippen LogP contribution in [-0.2, 0) is 16.0 Å². The van der Waals surface area contributed by atoms with Gasteiger partial charge in [0.1, 0.15) is 0 Å². The van der Waals surface area contributed by atoms with Crippen LogP contribution in [0.2, 0.25) is 0 Å². The van der Waals surface area contributed by atoms with Crippen LogP contribution in [0.1, 0.15) is 43.8 Å². The molecule has 25 heavy (non-hydrogen) atoms. The molecule has 1 aromatic heterocycles. The second-order valence-electron chi connectivity index (χ2n) is 6.26. The Labute approximate surface area is 154 Å². The Balaban J connectivity index is 1.88. The van der Waals surface area contributed by atoms with Crippen LogP contribution in [0.5, 0.6) is 0 Å². The Morgan fingerprint density at radius 2 is 2.36 bits per heavy atom. The number of hydrogen-bond donors (Lipinski definition) is 1. The first-order valence-corrected chi connectivity index (χ1v) is 10.1. The van der Waals surface area contributed by atoms with E-state index in [1.807, 2.05) is 13.8 Å². The van der Waals surface area contributed by atoms with Gasteiger partial charge in [-0.15, -0.1) is 11.3 Å². The maximum Gasteiger partial charge on any atom is 0.310 e. The van der Waals surface area contributed by atoms with Crippen LogP contribution < -0.4 is 5.32 Å². The van der Waals surface area contributed by atoms with Gasteiger partial charge >= 0.3 is 5.97 Å². The van der Waals surface area contributed by atoms with Gasteiger partial charge in [0.2, 0.25) is 0 Å². The van der Waals surface area contributed by atoms with Gasteiger partial charge in [-0.05, 0) is 40.0 Å². The van der Waals surface area contributed by atoms with E-state index < -0.39 is 0 Å². The number of rotatable bonds is 7. The maximum atomic E-state index is 12.0. The summed E-state index contributed by atoms with van der Waals surface area (Å²) in [5.74, 6) is 0.782. The van der Waals surface area contributed by atoms with Crippen molar-refractivity contribution in [2.45, 2.75) is 46.5 Å². The number of piperidine rings is 1. The van der Waals surface area contributed by atoms with E-state index in [2.05, 4.69) is 27.5 Å². The first-order chi connectivity index (χ1) is 12.1. The van der Waals surface area contributed by atoms with E-state index in [4.69, 9.17) is 9.73 Å². The zero-order chi connectivity index (χ0) is 18.1. The molecule has 7 heteroatoms. The molecule has 0 bridgehead atoms. The number of esters is 1. The van der Waals surface area contributed by atoms with Gasteiger partial charge in [-0.3, -0.25) is 9.79 Å². The third-order valence-electron chi connectivity index (χ3n) is 4.15. The summed E-state index contributed by atoms with van der Waals surface area (Å²) >= 11 is 1.72. The average molecular weight is 367 g/mol. The molecular weight excluding hydrogens is 336 g/mol. The minimum Gasteiger partial charge on any atom is -0.466 e. The summed E-state index contributed by atoms with van der Waals surface area (Å²) in [7, 11) is 0. The quantitative estimate of drug-likeness (QED) is 0.348. The van der Waals surface area contributed by atoms with Crippen molar-refractivity contribution < 1.29 is 9.53 Å². The van der Waals surface area contributed by atoms with Crippen molar-refractivity contribution in [3.63, 3.8) is 0 Å². The third-order valence-corrected chi connectivity index (χ3v) is 5.18. The summed E-state index contributed by atoms with van der Waals surface area (Å²) in [4.78, 5) is 23.5. The molecule has 1 N–H and O–H groups in total. The summed E-state index contributed by atoms with van der Waals surface area (Å²) in [5, 5.41) is 6.63. The van der Waals surface area contributed by atoms with Crippen LogP contribution in [0.25, 0.3) is 0 Å². The molecule has 0 spiro atoms. The fraction of sp³-hybridized carbons (Fsp3) is 0.722. The normalized spacial score (nSPS) is 18.3. The minimum absolute atomic E-state index is 0.0455. The Bertz CT molecular complexity index is 573. The number of thiazole rings is 1. The zero-order valence-electron chi connectivity index (χ0n) is 15.6. The lowest BCUT2D eigenvalue weighted by atomic mass is 9.98. The van der Waals surface area contributed by atoms with Gasteiger partial charge in [0, 0.05) is 43.7 Å². The van der Waals surface area contributed by atoms with E-state index in [0.29, 0.717) is 13.2 Å². The molecule has 6 nitrogen and oxygen atoms in total. The molecule has 0 aliphatic carbocycles. The molecule has 1 unspecified atom stereocenters. The maximum absolute atomic E-state index is 12.0. The molecule has 1 atom stereocenters. The van der Waals surface area contributed by atoms with Gasteiger partial charge in [0.25, 0.3) is 0 Å². The second-order valence-corrected chi connectivity index (χ2v) is 7.20. The standard InChI is InChI=1S/C18H30N4O2S/c1-4-19-18(20-10-6-9-16-21-14(3)13-25-16)22-11-7-8-15(12-22)17(23)24-5-2/h13,15H,4-12H2,1-3H3,(H,19,20). The number of ether oxygens (including phenoxy) is 1. The molecule has 2 heterocycles. The lowest BCUT2D eigenvalue weighted by Gasteiger charge is -2.34. The number of nitrogens with one attached hydrogen (secondary N) is 1. The fourth-order valence-electron chi connectivity index (χ4n) is 2.98. The van der Waals surface area contributed by atoms with Crippen molar-refractivity contribution in [3.8, 4) is 0 Å². The molecule has 1 saturated heterocycles. The number of hydrogen-bond acceptors (Lipinski definition) is 5. The summed E-state index contributed by atoms with van der Waals surface area (Å²) in [5.41, 5.74) is 1.09. The SMILES string of the molecule is CCNC(=NCCCc1nc(C)cs1)N1CCCC(C(=O)OCC)C1. The summed E-state index contributed by atoms with van der Waals surface area (Å²) in [6.07, 6.45) is 3.84. The molecule has 0 aromatic carbocycles. The molecule has 0 saturated carbocycles. The van der Waals surface area contributed by atoms with Crippen LogP contribution in [0, 0.1) is 12.8 Å². The number of likely N-dealkylation sites (tertiary alicyclic amines) is 1. The van der Waals surface area contributed by atoms with Gasteiger partial charge in [-0.2, -0.15) is 0 Å². The zero-order valence-corrected chi connectivity index (χ0v) is 16.4. The number of aryl methyl sites for hydroxylation is 2. The molecule has 140 valence electrons.